The Hall–Kier alpha value is -1.86. The third-order valence-corrected chi connectivity index (χ3v) is 3.20. The summed E-state index contributed by atoms with van der Waals surface area (Å²) in [6.45, 7) is 3.70. The van der Waals surface area contributed by atoms with Crippen molar-refractivity contribution in [2.45, 2.75) is 19.9 Å². The van der Waals surface area contributed by atoms with E-state index >= 15 is 0 Å². The number of nitrogens with zero attached hydrogens (tertiary/aromatic N) is 1. The van der Waals surface area contributed by atoms with Crippen LogP contribution < -0.4 is 16.6 Å². The van der Waals surface area contributed by atoms with Crippen LogP contribution in [0.1, 0.15) is 34.8 Å². The summed E-state index contributed by atoms with van der Waals surface area (Å²) in [4.78, 5) is 16.3. The number of nitrogen functional groups attached to an aromatic ring is 1. The van der Waals surface area contributed by atoms with Gasteiger partial charge in [0.25, 0.3) is 5.91 Å². The van der Waals surface area contributed by atoms with Gasteiger partial charge in [0.05, 0.1) is 11.6 Å². The van der Waals surface area contributed by atoms with E-state index in [-0.39, 0.29) is 11.9 Å². The fourth-order valence-corrected chi connectivity index (χ4v) is 2.09. The molecule has 106 valence electrons. The minimum absolute atomic E-state index is 0.249. The molecule has 0 bridgehead atoms. The van der Waals surface area contributed by atoms with Crippen LogP contribution in [0.4, 0.5) is 5.82 Å². The van der Waals surface area contributed by atoms with Crippen LogP contribution in [0.25, 0.3) is 0 Å². The van der Waals surface area contributed by atoms with Crippen molar-refractivity contribution in [3.8, 4) is 0 Å². The normalized spacial score (nSPS) is 12.0. The van der Waals surface area contributed by atoms with Crippen molar-refractivity contribution >= 4 is 27.7 Å². The molecule has 2 heterocycles. The van der Waals surface area contributed by atoms with Gasteiger partial charge in [-0.15, -0.1) is 0 Å². The number of aryl methyl sites for hydroxylation is 1. The minimum Gasteiger partial charge on any atom is -0.464 e. The Bertz CT molecular complexity index is 627. The van der Waals surface area contributed by atoms with Crippen LogP contribution in [0.15, 0.2) is 33.3 Å². The number of carbonyl (C=O) groups is 1. The number of nitrogens with two attached hydrogens (primary N) is 1. The van der Waals surface area contributed by atoms with E-state index < -0.39 is 0 Å². The summed E-state index contributed by atoms with van der Waals surface area (Å²) < 4.78 is 6.18. The zero-order valence-electron chi connectivity index (χ0n) is 11.1. The predicted octanol–water partition coefficient (Wildman–Crippen LogP) is 2.52. The van der Waals surface area contributed by atoms with E-state index in [0.717, 1.165) is 5.76 Å². The van der Waals surface area contributed by atoms with Crippen LogP contribution in [0.3, 0.4) is 0 Å². The van der Waals surface area contributed by atoms with Gasteiger partial charge in [-0.2, -0.15) is 0 Å². The summed E-state index contributed by atoms with van der Waals surface area (Å²) in [5.41, 5.74) is 2.76. The molecule has 0 aliphatic carbocycles. The average molecular weight is 339 g/mol. The van der Waals surface area contributed by atoms with Gasteiger partial charge in [-0.05, 0) is 48.0 Å². The number of hydrogen-bond acceptors (Lipinski definition) is 5. The van der Waals surface area contributed by atoms with Gasteiger partial charge >= 0.3 is 0 Å². The topological polar surface area (TPSA) is 93.2 Å². The molecule has 0 spiro atoms. The number of halogens is 1. The first-order valence-electron chi connectivity index (χ1n) is 6.00. The van der Waals surface area contributed by atoms with Crippen LogP contribution in [0, 0.1) is 6.92 Å². The van der Waals surface area contributed by atoms with E-state index in [9.17, 15) is 4.79 Å². The average Bonchev–Trinajstić information content (AvgIpc) is 2.85. The van der Waals surface area contributed by atoms with E-state index in [0.29, 0.717) is 21.6 Å². The lowest BCUT2D eigenvalue weighted by atomic mass is 10.2. The van der Waals surface area contributed by atoms with Gasteiger partial charge in [0.15, 0.2) is 5.82 Å². The fraction of sp³-hybridized carbons (Fsp3) is 0.231. The summed E-state index contributed by atoms with van der Waals surface area (Å²) in [5, 5.41) is 2.84. The van der Waals surface area contributed by atoms with E-state index in [4.69, 9.17) is 10.3 Å². The highest BCUT2D eigenvalue weighted by Gasteiger charge is 2.17. The van der Waals surface area contributed by atoms with Crippen LogP contribution in [-0.2, 0) is 0 Å². The van der Waals surface area contributed by atoms with Crippen molar-refractivity contribution in [3.05, 3.63) is 46.0 Å². The zero-order chi connectivity index (χ0) is 14.7. The van der Waals surface area contributed by atoms with Crippen molar-refractivity contribution in [1.82, 2.24) is 10.3 Å². The first-order chi connectivity index (χ1) is 9.51. The number of nitrogens with one attached hydrogen (secondary N) is 2. The molecule has 1 atom stereocenters. The van der Waals surface area contributed by atoms with Crippen LogP contribution in [0.2, 0.25) is 0 Å². The molecule has 0 radical (unpaired) electrons. The van der Waals surface area contributed by atoms with Gasteiger partial charge < -0.3 is 15.2 Å². The molecule has 2 aromatic rings. The largest absolute Gasteiger partial charge is 0.464 e. The third kappa shape index (κ3) is 3.17. The Morgan fingerprint density at radius 2 is 2.25 bits per heavy atom. The second-order valence-corrected chi connectivity index (χ2v) is 5.25. The van der Waals surface area contributed by atoms with Gasteiger partial charge in [0.2, 0.25) is 0 Å². The van der Waals surface area contributed by atoms with Gasteiger partial charge in [-0.3, -0.25) is 4.79 Å². The highest BCUT2D eigenvalue weighted by molar-refractivity contribution is 9.10. The SMILES string of the molecule is Cc1ccc(C(C)NC(=O)c2cc(Br)cnc2NN)o1. The fourth-order valence-electron chi connectivity index (χ4n) is 1.76. The molecule has 6 nitrogen and oxygen atoms in total. The Morgan fingerprint density at radius 3 is 2.85 bits per heavy atom. The predicted molar refractivity (Wildman–Crippen MR) is 79.1 cm³/mol. The van der Waals surface area contributed by atoms with Gasteiger partial charge in [-0.1, -0.05) is 0 Å². The lowest BCUT2D eigenvalue weighted by molar-refractivity contribution is 0.0935. The molecule has 0 aromatic carbocycles. The molecule has 1 unspecified atom stereocenters. The lowest BCUT2D eigenvalue weighted by Gasteiger charge is -2.13. The molecule has 0 aliphatic heterocycles. The quantitative estimate of drug-likeness (QED) is 0.588. The summed E-state index contributed by atoms with van der Waals surface area (Å²) in [6, 6.07) is 5.09. The summed E-state index contributed by atoms with van der Waals surface area (Å²) in [7, 11) is 0. The van der Waals surface area contributed by atoms with E-state index in [1.54, 1.807) is 12.3 Å². The number of anilines is 1. The Balaban J connectivity index is 2.18. The third-order valence-electron chi connectivity index (χ3n) is 2.77. The number of hydrogen-bond donors (Lipinski definition) is 3. The minimum atomic E-state index is -0.284. The molecule has 4 N–H and O–H groups in total. The first kappa shape index (κ1) is 14.5. The molecule has 20 heavy (non-hydrogen) atoms. The maximum Gasteiger partial charge on any atom is 0.255 e. The zero-order valence-corrected chi connectivity index (χ0v) is 12.7. The van der Waals surface area contributed by atoms with Gasteiger partial charge in [0, 0.05) is 10.7 Å². The highest BCUT2D eigenvalue weighted by Crippen LogP contribution is 2.20. The van der Waals surface area contributed by atoms with Crippen molar-refractivity contribution in [2.75, 3.05) is 5.43 Å². The highest BCUT2D eigenvalue weighted by atomic mass is 79.9. The van der Waals surface area contributed by atoms with Crippen molar-refractivity contribution < 1.29 is 9.21 Å². The molecule has 0 fully saturated rings. The van der Waals surface area contributed by atoms with Crippen molar-refractivity contribution in [2.24, 2.45) is 5.84 Å². The Morgan fingerprint density at radius 1 is 1.50 bits per heavy atom. The summed E-state index contributed by atoms with van der Waals surface area (Å²) in [5.74, 6) is 6.88. The molecule has 0 saturated heterocycles. The number of carbonyl (C=O) groups excluding carboxylic acids is 1. The molecule has 7 heteroatoms. The van der Waals surface area contributed by atoms with Gasteiger partial charge in [-0.25, -0.2) is 10.8 Å². The summed E-state index contributed by atoms with van der Waals surface area (Å²) >= 11 is 3.28. The lowest BCUT2D eigenvalue weighted by Crippen LogP contribution is -2.28. The van der Waals surface area contributed by atoms with Crippen LogP contribution in [0.5, 0.6) is 0 Å². The smallest absolute Gasteiger partial charge is 0.255 e. The summed E-state index contributed by atoms with van der Waals surface area (Å²) in [6.07, 6.45) is 1.56. The monoisotopic (exact) mass is 338 g/mol. The molecular weight excluding hydrogens is 324 g/mol. The molecule has 2 aromatic heterocycles. The molecule has 0 aliphatic rings. The Labute approximate surface area is 124 Å². The van der Waals surface area contributed by atoms with Crippen molar-refractivity contribution in [1.29, 1.82) is 0 Å². The maximum atomic E-state index is 12.3. The first-order valence-corrected chi connectivity index (χ1v) is 6.80. The number of hydrazine groups is 1. The molecule has 0 saturated carbocycles. The molecular formula is C13H15BrN4O2. The molecule has 1 amide bonds. The van der Waals surface area contributed by atoms with E-state index in [1.165, 1.54) is 0 Å². The standard InChI is InChI=1S/C13H15BrN4O2/c1-7-3-4-11(20-7)8(2)17-13(19)10-5-9(14)6-16-12(10)18-15/h3-6,8H,15H2,1-2H3,(H,16,18)(H,17,19). The number of amides is 1. The number of furan rings is 1. The number of aromatic nitrogens is 1. The van der Waals surface area contributed by atoms with Crippen LogP contribution >= 0.6 is 15.9 Å². The Kier molecular flexibility index (Phi) is 4.41. The van der Waals surface area contributed by atoms with Gasteiger partial charge in [0.1, 0.15) is 11.5 Å². The number of pyridine rings is 1. The second-order valence-electron chi connectivity index (χ2n) is 4.34. The number of rotatable bonds is 4. The van der Waals surface area contributed by atoms with E-state index in [2.05, 4.69) is 31.7 Å². The molecule has 2 rings (SSSR count). The maximum absolute atomic E-state index is 12.3. The van der Waals surface area contributed by atoms with E-state index in [1.807, 2.05) is 26.0 Å². The van der Waals surface area contributed by atoms with Crippen LogP contribution in [-0.4, -0.2) is 10.9 Å². The van der Waals surface area contributed by atoms with Crippen molar-refractivity contribution in [3.63, 3.8) is 0 Å². The second kappa shape index (κ2) is 6.06.